The number of hydrogen-bond donors (Lipinski definition) is 1. The Bertz CT molecular complexity index is 1040. The van der Waals surface area contributed by atoms with Crippen LogP contribution in [0.2, 0.25) is 0 Å². The van der Waals surface area contributed by atoms with Gasteiger partial charge in [-0.25, -0.2) is 4.79 Å². The van der Waals surface area contributed by atoms with Gasteiger partial charge in [-0.3, -0.25) is 4.79 Å². The summed E-state index contributed by atoms with van der Waals surface area (Å²) in [7, 11) is 0. The topological polar surface area (TPSA) is 88.4 Å². The highest BCUT2D eigenvalue weighted by molar-refractivity contribution is 5.97. The highest BCUT2D eigenvalue weighted by atomic mass is 16.5. The molecule has 0 aliphatic rings. The summed E-state index contributed by atoms with van der Waals surface area (Å²) >= 11 is 0. The fraction of sp³-hybridized carbons (Fsp3) is 0.0870. The first kappa shape index (κ1) is 19.6. The molecular formula is C23H18N2O4. The standard InChI is InChI=1S/C23H18N2O4/c24-14-18-10-4-6-12-20(18)25-22(26)16-29-23(27)19-11-5-7-13-21(19)28-15-17-8-2-1-3-9-17/h1-13H,15-16H2,(H,25,26). The van der Waals surface area contributed by atoms with Crippen LogP contribution in [0.5, 0.6) is 5.75 Å². The lowest BCUT2D eigenvalue weighted by atomic mass is 10.2. The smallest absolute Gasteiger partial charge is 0.342 e. The van der Waals surface area contributed by atoms with Crippen molar-refractivity contribution in [2.24, 2.45) is 0 Å². The van der Waals surface area contributed by atoms with Crippen LogP contribution in [0.1, 0.15) is 21.5 Å². The molecule has 0 unspecified atom stereocenters. The molecule has 0 radical (unpaired) electrons. The number of rotatable bonds is 7. The van der Waals surface area contributed by atoms with Gasteiger partial charge in [-0.15, -0.1) is 0 Å². The van der Waals surface area contributed by atoms with Gasteiger partial charge < -0.3 is 14.8 Å². The Morgan fingerprint density at radius 1 is 0.897 bits per heavy atom. The molecule has 3 rings (SSSR count). The zero-order valence-electron chi connectivity index (χ0n) is 15.5. The van der Waals surface area contributed by atoms with Crippen molar-refractivity contribution in [1.29, 1.82) is 5.26 Å². The van der Waals surface area contributed by atoms with Crippen molar-refractivity contribution in [3.8, 4) is 11.8 Å². The van der Waals surface area contributed by atoms with Gasteiger partial charge in [0.2, 0.25) is 0 Å². The van der Waals surface area contributed by atoms with E-state index >= 15 is 0 Å². The molecule has 29 heavy (non-hydrogen) atoms. The van der Waals surface area contributed by atoms with Crippen LogP contribution in [0.3, 0.4) is 0 Å². The molecule has 0 atom stereocenters. The number of hydrogen-bond acceptors (Lipinski definition) is 5. The van der Waals surface area contributed by atoms with Crippen LogP contribution in [-0.2, 0) is 16.1 Å². The van der Waals surface area contributed by atoms with Crippen LogP contribution < -0.4 is 10.1 Å². The lowest BCUT2D eigenvalue weighted by Gasteiger charge is -2.11. The minimum atomic E-state index is -0.669. The maximum absolute atomic E-state index is 12.4. The maximum Gasteiger partial charge on any atom is 0.342 e. The monoisotopic (exact) mass is 386 g/mol. The first-order chi connectivity index (χ1) is 14.2. The second-order valence-electron chi connectivity index (χ2n) is 6.05. The average Bonchev–Trinajstić information content (AvgIpc) is 2.77. The number of ether oxygens (including phenoxy) is 2. The number of amides is 1. The molecule has 0 spiro atoms. The zero-order valence-corrected chi connectivity index (χ0v) is 15.5. The maximum atomic E-state index is 12.4. The molecule has 6 heteroatoms. The lowest BCUT2D eigenvalue weighted by molar-refractivity contribution is -0.119. The Labute approximate surface area is 168 Å². The van der Waals surface area contributed by atoms with Gasteiger partial charge in [0.15, 0.2) is 6.61 Å². The van der Waals surface area contributed by atoms with Crippen molar-refractivity contribution in [2.75, 3.05) is 11.9 Å². The fourth-order valence-electron chi connectivity index (χ4n) is 2.58. The van der Waals surface area contributed by atoms with E-state index in [4.69, 9.17) is 14.7 Å². The predicted molar refractivity (Wildman–Crippen MR) is 107 cm³/mol. The van der Waals surface area contributed by atoms with E-state index in [1.54, 1.807) is 48.5 Å². The van der Waals surface area contributed by atoms with Gasteiger partial charge >= 0.3 is 5.97 Å². The molecule has 0 heterocycles. The summed E-state index contributed by atoms with van der Waals surface area (Å²) in [5.74, 6) is -0.835. The number of nitrogens with zero attached hydrogens (tertiary/aromatic N) is 1. The van der Waals surface area contributed by atoms with Crippen LogP contribution >= 0.6 is 0 Å². The number of benzene rings is 3. The summed E-state index contributed by atoms with van der Waals surface area (Å²) in [4.78, 5) is 24.5. The van der Waals surface area contributed by atoms with Crippen molar-refractivity contribution < 1.29 is 19.1 Å². The SMILES string of the molecule is N#Cc1ccccc1NC(=O)COC(=O)c1ccccc1OCc1ccccc1. The number of nitriles is 1. The molecule has 0 bridgehead atoms. The number of carbonyl (C=O) groups excluding carboxylic acids is 2. The second kappa shape index (κ2) is 9.72. The molecule has 0 aliphatic carbocycles. The average molecular weight is 386 g/mol. The highest BCUT2D eigenvalue weighted by Gasteiger charge is 2.16. The predicted octanol–water partition coefficient (Wildman–Crippen LogP) is 3.93. The molecule has 3 aromatic carbocycles. The van der Waals surface area contributed by atoms with Crippen molar-refractivity contribution in [3.63, 3.8) is 0 Å². The van der Waals surface area contributed by atoms with Gasteiger partial charge in [0, 0.05) is 0 Å². The Balaban J connectivity index is 1.59. The first-order valence-corrected chi connectivity index (χ1v) is 8.89. The van der Waals surface area contributed by atoms with E-state index in [1.807, 2.05) is 36.4 Å². The van der Waals surface area contributed by atoms with Gasteiger partial charge in [-0.05, 0) is 29.8 Å². The molecule has 0 aliphatic heterocycles. The zero-order chi connectivity index (χ0) is 20.5. The van der Waals surface area contributed by atoms with Crippen LogP contribution in [0.15, 0.2) is 78.9 Å². The van der Waals surface area contributed by atoms with Crippen molar-refractivity contribution >= 4 is 17.6 Å². The number of carbonyl (C=O) groups is 2. The molecule has 6 nitrogen and oxygen atoms in total. The summed E-state index contributed by atoms with van der Waals surface area (Å²) < 4.78 is 10.9. The van der Waals surface area contributed by atoms with Crippen LogP contribution in [0.4, 0.5) is 5.69 Å². The summed E-state index contributed by atoms with van der Waals surface area (Å²) in [6.07, 6.45) is 0. The summed E-state index contributed by atoms with van der Waals surface area (Å²) in [6.45, 7) is -0.178. The van der Waals surface area contributed by atoms with Gasteiger partial charge in [0.25, 0.3) is 5.91 Å². The summed E-state index contributed by atoms with van der Waals surface area (Å²) in [5.41, 5.74) is 1.88. The Kier molecular flexibility index (Phi) is 6.58. The number of para-hydroxylation sites is 2. The van der Waals surface area contributed by atoms with Gasteiger partial charge in [0.05, 0.1) is 11.3 Å². The Hall–Kier alpha value is -4.11. The van der Waals surface area contributed by atoms with E-state index < -0.39 is 18.5 Å². The molecule has 3 aromatic rings. The van der Waals surface area contributed by atoms with E-state index in [0.29, 0.717) is 23.6 Å². The van der Waals surface area contributed by atoms with Gasteiger partial charge in [0.1, 0.15) is 24.0 Å². The quantitative estimate of drug-likeness (QED) is 0.622. The third-order valence-electron chi connectivity index (χ3n) is 4.00. The molecule has 0 saturated carbocycles. The minimum absolute atomic E-state index is 0.230. The largest absolute Gasteiger partial charge is 0.488 e. The van der Waals surface area contributed by atoms with Gasteiger partial charge in [-0.2, -0.15) is 5.26 Å². The molecule has 144 valence electrons. The van der Waals surface area contributed by atoms with E-state index in [0.717, 1.165) is 5.56 Å². The van der Waals surface area contributed by atoms with Crippen molar-refractivity contribution in [1.82, 2.24) is 0 Å². The lowest BCUT2D eigenvalue weighted by Crippen LogP contribution is -2.21. The number of esters is 1. The first-order valence-electron chi connectivity index (χ1n) is 8.89. The normalized spacial score (nSPS) is 9.90. The van der Waals surface area contributed by atoms with E-state index in [-0.39, 0.29) is 5.56 Å². The van der Waals surface area contributed by atoms with E-state index in [2.05, 4.69) is 5.32 Å². The Morgan fingerprint density at radius 3 is 2.38 bits per heavy atom. The third-order valence-corrected chi connectivity index (χ3v) is 4.00. The van der Waals surface area contributed by atoms with E-state index in [9.17, 15) is 9.59 Å². The Morgan fingerprint density at radius 2 is 1.59 bits per heavy atom. The second-order valence-corrected chi connectivity index (χ2v) is 6.05. The van der Waals surface area contributed by atoms with E-state index in [1.165, 1.54) is 0 Å². The number of nitrogens with one attached hydrogen (secondary N) is 1. The summed E-state index contributed by atoms with van der Waals surface area (Å²) in [6, 6.07) is 24.8. The number of anilines is 1. The summed E-state index contributed by atoms with van der Waals surface area (Å²) in [5, 5.41) is 11.6. The third kappa shape index (κ3) is 5.44. The molecule has 0 fully saturated rings. The van der Waals surface area contributed by atoms with Crippen LogP contribution in [0, 0.1) is 11.3 Å². The van der Waals surface area contributed by atoms with Gasteiger partial charge in [-0.1, -0.05) is 54.6 Å². The van der Waals surface area contributed by atoms with Crippen LogP contribution in [0.25, 0.3) is 0 Å². The molecular weight excluding hydrogens is 368 g/mol. The van der Waals surface area contributed by atoms with Crippen molar-refractivity contribution in [3.05, 3.63) is 95.6 Å². The fourth-order valence-corrected chi connectivity index (χ4v) is 2.58. The molecule has 0 aromatic heterocycles. The van der Waals surface area contributed by atoms with Crippen molar-refractivity contribution in [2.45, 2.75) is 6.61 Å². The van der Waals surface area contributed by atoms with Crippen LogP contribution in [-0.4, -0.2) is 18.5 Å². The molecule has 1 amide bonds. The molecule has 0 saturated heterocycles. The minimum Gasteiger partial charge on any atom is -0.488 e. The molecule has 1 N–H and O–H groups in total. The highest BCUT2D eigenvalue weighted by Crippen LogP contribution is 2.20.